The predicted octanol–water partition coefficient (Wildman–Crippen LogP) is 2.63. The third-order valence-corrected chi connectivity index (χ3v) is 5.31. The van der Waals surface area contributed by atoms with E-state index in [4.69, 9.17) is 0 Å². The van der Waals surface area contributed by atoms with Gasteiger partial charge in [0, 0.05) is 0 Å². The van der Waals surface area contributed by atoms with Crippen molar-refractivity contribution in [3.05, 3.63) is 34.6 Å². The summed E-state index contributed by atoms with van der Waals surface area (Å²) in [5.41, 5.74) is -0.0191. The van der Waals surface area contributed by atoms with Crippen LogP contribution in [0.1, 0.15) is 0 Å². The fourth-order valence-electron chi connectivity index (χ4n) is 1.47. The van der Waals surface area contributed by atoms with Gasteiger partial charge in [0.1, 0.15) is 0 Å². The van der Waals surface area contributed by atoms with Gasteiger partial charge in [0.05, 0.1) is 10.1 Å². The highest BCUT2D eigenvalue weighted by molar-refractivity contribution is 8.00. The maximum absolute atomic E-state index is 12.1. The topological polar surface area (TPSA) is 47.8 Å². The van der Waals surface area contributed by atoms with E-state index in [0.717, 1.165) is 14.4 Å². The van der Waals surface area contributed by atoms with E-state index in [9.17, 15) is 4.79 Å². The van der Waals surface area contributed by atoms with Crippen LogP contribution in [0.2, 0.25) is 0 Å². The van der Waals surface area contributed by atoms with E-state index in [1.54, 1.807) is 3.96 Å². The summed E-state index contributed by atoms with van der Waals surface area (Å²) in [6, 6.07) is 7.57. The van der Waals surface area contributed by atoms with Gasteiger partial charge in [0.2, 0.25) is 5.13 Å². The molecule has 2 heterocycles. The number of rotatable bonds is 2. The summed E-state index contributed by atoms with van der Waals surface area (Å²) in [4.78, 5) is 12.1. The summed E-state index contributed by atoms with van der Waals surface area (Å²) in [5.74, 6) is 0. The molecule has 0 radical (unpaired) electrons. The highest BCUT2D eigenvalue weighted by atomic mass is 32.2. The molecule has 0 saturated heterocycles. The largest absolute Gasteiger partial charge is 0.275 e. The molecular weight excluding hydrogens is 274 g/mol. The molecule has 7 heteroatoms. The van der Waals surface area contributed by atoms with Crippen LogP contribution < -0.4 is 5.56 Å². The Morgan fingerprint density at radius 3 is 2.82 bits per heavy atom. The lowest BCUT2D eigenvalue weighted by atomic mass is 10.3. The van der Waals surface area contributed by atoms with Crippen LogP contribution in [0.5, 0.6) is 0 Å². The summed E-state index contributed by atoms with van der Waals surface area (Å²) in [6.07, 6.45) is 1.94. The van der Waals surface area contributed by atoms with Gasteiger partial charge in [-0.05, 0) is 29.9 Å². The van der Waals surface area contributed by atoms with E-state index >= 15 is 0 Å². The quantitative estimate of drug-likeness (QED) is 0.678. The number of thioether (sulfide) groups is 1. The van der Waals surface area contributed by atoms with Crippen LogP contribution in [-0.2, 0) is 0 Å². The molecule has 0 saturated carbocycles. The second-order valence-electron chi connectivity index (χ2n) is 3.24. The Bertz CT molecular complexity index is 728. The number of aromatic nitrogens is 3. The summed E-state index contributed by atoms with van der Waals surface area (Å²) in [6.45, 7) is 0. The molecule has 86 valence electrons. The number of benzene rings is 1. The van der Waals surface area contributed by atoms with Crippen molar-refractivity contribution in [3.8, 4) is 5.13 Å². The number of fused-ring (bicyclic) bond motifs is 1. The van der Waals surface area contributed by atoms with Gasteiger partial charge < -0.3 is 0 Å². The molecule has 0 N–H and O–H groups in total. The first-order valence-electron chi connectivity index (χ1n) is 4.78. The molecule has 0 aliphatic heterocycles. The van der Waals surface area contributed by atoms with Gasteiger partial charge in [0.15, 0.2) is 4.34 Å². The van der Waals surface area contributed by atoms with Crippen molar-refractivity contribution in [2.75, 3.05) is 6.26 Å². The van der Waals surface area contributed by atoms with Crippen molar-refractivity contribution in [3.63, 3.8) is 0 Å². The zero-order chi connectivity index (χ0) is 11.8. The van der Waals surface area contributed by atoms with Crippen molar-refractivity contribution < 1.29 is 0 Å². The standard InChI is InChI=1S/C10H7N3OS3/c1-15-10-12-11-9(16-10)13-8(14)6-4-2-3-5-7(6)17-13/h2-5H,1H3. The monoisotopic (exact) mass is 281 g/mol. The van der Waals surface area contributed by atoms with E-state index < -0.39 is 0 Å². The molecule has 3 aromatic rings. The van der Waals surface area contributed by atoms with E-state index in [2.05, 4.69) is 10.2 Å². The average Bonchev–Trinajstić information content (AvgIpc) is 2.95. The minimum absolute atomic E-state index is 0.0191. The molecule has 0 aliphatic rings. The molecule has 17 heavy (non-hydrogen) atoms. The highest BCUT2D eigenvalue weighted by Crippen LogP contribution is 2.25. The predicted molar refractivity (Wildman–Crippen MR) is 72.7 cm³/mol. The average molecular weight is 281 g/mol. The van der Waals surface area contributed by atoms with Crippen LogP contribution in [-0.4, -0.2) is 20.4 Å². The first-order chi connectivity index (χ1) is 8.29. The lowest BCUT2D eigenvalue weighted by Crippen LogP contribution is -2.10. The lowest BCUT2D eigenvalue weighted by Gasteiger charge is -1.88. The van der Waals surface area contributed by atoms with Crippen LogP contribution in [0.15, 0.2) is 33.4 Å². The molecule has 0 aliphatic carbocycles. The maximum Gasteiger partial charge on any atom is 0.275 e. The van der Waals surface area contributed by atoms with Crippen LogP contribution in [0.4, 0.5) is 0 Å². The Hall–Kier alpha value is -1.18. The fraction of sp³-hybridized carbons (Fsp3) is 0.100. The Labute approximate surface area is 109 Å². The van der Waals surface area contributed by atoms with Crippen molar-refractivity contribution in [2.24, 2.45) is 0 Å². The molecular formula is C10H7N3OS3. The molecule has 0 bridgehead atoms. The van der Waals surface area contributed by atoms with E-state index in [-0.39, 0.29) is 5.56 Å². The Morgan fingerprint density at radius 1 is 1.29 bits per heavy atom. The van der Waals surface area contributed by atoms with Gasteiger partial charge in [-0.2, -0.15) is 0 Å². The Kier molecular flexibility index (Phi) is 2.73. The SMILES string of the molecule is CSc1nnc(-n2sc3ccccc3c2=O)s1. The van der Waals surface area contributed by atoms with Crippen molar-refractivity contribution in [1.29, 1.82) is 0 Å². The summed E-state index contributed by atoms with van der Waals surface area (Å²) in [7, 11) is 0. The zero-order valence-corrected chi connectivity index (χ0v) is 11.2. The number of nitrogens with zero attached hydrogens (tertiary/aromatic N) is 3. The van der Waals surface area contributed by atoms with Crippen molar-refractivity contribution in [2.45, 2.75) is 4.34 Å². The summed E-state index contributed by atoms with van der Waals surface area (Å²) in [5, 5.41) is 9.41. The van der Waals surface area contributed by atoms with Crippen LogP contribution in [0, 0.1) is 0 Å². The lowest BCUT2D eigenvalue weighted by molar-refractivity contribution is 0.961. The summed E-state index contributed by atoms with van der Waals surface area (Å²) >= 11 is 4.36. The highest BCUT2D eigenvalue weighted by Gasteiger charge is 2.12. The second kappa shape index (κ2) is 4.25. The van der Waals surface area contributed by atoms with Crippen molar-refractivity contribution >= 4 is 44.7 Å². The number of hydrogen-bond donors (Lipinski definition) is 0. The molecule has 0 amide bonds. The molecule has 0 unspecified atom stereocenters. The molecule has 1 aromatic carbocycles. The van der Waals surface area contributed by atoms with Gasteiger partial charge in [0.25, 0.3) is 5.56 Å². The van der Waals surface area contributed by atoms with E-state index in [1.807, 2.05) is 30.5 Å². The molecule has 0 atom stereocenters. The van der Waals surface area contributed by atoms with Gasteiger partial charge in [-0.15, -0.1) is 10.2 Å². The number of hydrogen-bond acceptors (Lipinski definition) is 6. The smallest absolute Gasteiger partial charge is 0.267 e. The van der Waals surface area contributed by atoms with Gasteiger partial charge in [-0.1, -0.05) is 35.2 Å². The normalized spacial score (nSPS) is 11.1. The minimum Gasteiger partial charge on any atom is -0.267 e. The second-order valence-corrected chi connectivity index (χ2v) is 6.24. The van der Waals surface area contributed by atoms with Crippen LogP contribution in [0.3, 0.4) is 0 Å². The zero-order valence-electron chi connectivity index (χ0n) is 8.78. The Morgan fingerprint density at radius 2 is 2.12 bits per heavy atom. The van der Waals surface area contributed by atoms with Crippen LogP contribution in [0.25, 0.3) is 15.2 Å². The van der Waals surface area contributed by atoms with Crippen molar-refractivity contribution in [1.82, 2.24) is 14.2 Å². The molecule has 0 spiro atoms. The van der Waals surface area contributed by atoms with Gasteiger partial charge in [-0.25, -0.2) is 3.96 Å². The molecule has 0 fully saturated rings. The summed E-state index contributed by atoms with van der Waals surface area (Å²) < 4.78 is 3.44. The molecule has 4 nitrogen and oxygen atoms in total. The first kappa shape index (κ1) is 10.9. The van der Waals surface area contributed by atoms with Gasteiger partial charge in [-0.3, -0.25) is 4.79 Å². The molecule has 2 aromatic heterocycles. The fourth-order valence-corrected chi connectivity index (χ4v) is 3.74. The van der Waals surface area contributed by atoms with E-state index in [1.165, 1.54) is 34.6 Å². The Balaban J connectivity index is 2.23. The van der Waals surface area contributed by atoms with Crippen LogP contribution >= 0.6 is 34.6 Å². The first-order valence-corrected chi connectivity index (χ1v) is 7.60. The minimum atomic E-state index is -0.0191. The third kappa shape index (κ3) is 1.80. The third-order valence-electron chi connectivity index (χ3n) is 2.24. The molecule has 3 rings (SSSR count). The van der Waals surface area contributed by atoms with E-state index in [0.29, 0.717) is 5.13 Å². The maximum atomic E-state index is 12.1. The van der Waals surface area contributed by atoms with Gasteiger partial charge >= 0.3 is 0 Å².